The molecule has 0 bridgehead atoms. The molecule has 0 amide bonds. The van der Waals surface area contributed by atoms with E-state index >= 15 is 0 Å². The van der Waals surface area contributed by atoms with Crippen molar-refractivity contribution in [3.63, 3.8) is 0 Å². The number of carbonyl (C=O) groups is 1. The maximum atomic E-state index is 12.1. The van der Waals surface area contributed by atoms with Crippen LogP contribution in [0.2, 0.25) is 0 Å². The van der Waals surface area contributed by atoms with Gasteiger partial charge in [-0.3, -0.25) is 19.8 Å². The summed E-state index contributed by atoms with van der Waals surface area (Å²) in [5, 5.41) is 20.8. The van der Waals surface area contributed by atoms with Crippen LogP contribution in [0.15, 0.2) is 58.6 Å². The number of pyridine rings is 1. The van der Waals surface area contributed by atoms with Gasteiger partial charge < -0.3 is 10.2 Å². The predicted molar refractivity (Wildman–Crippen MR) is 81.6 cm³/mol. The van der Waals surface area contributed by atoms with Gasteiger partial charge in [-0.1, -0.05) is 24.3 Å². The van der Waals surface area contributed by atoms with E-state index in [0.717, 1.165) is 0 Å². The second-order valence-corrected chi connectivity index (χ2v) is 4.44. The van der Waals surface area contributed by atoms with Crippen LogP contribution in [0, 0.1) is 0 Å². The minimum absolute atomic E-state index is 0. The van der Waals surface area contributed by atoms with E-state index in [0.29, 0.717) is 17.0 Å². The SMILES string of the molecule is CC(=NCC(=O)O)c1ccccc1N=C([O-])c1ccccn1.[Ni]. The van der Waals surface area contributed by atoms with Crippen molar-refractivity contribution in [3.05, 3.63) is 59.9 Å². The Morgan fingerprint density at radius 1 is 1.22 bits per heavy atom. The van der Waals surface area contributed by atoms with Crippen LogP contribution in [0.1, 0.15) is 18.2 Å². The van der Waals surface area contributed by atoms with Gasteiger partial charge in [-0.05, 0) is 25.1 Å². The van der Waals surface area contributed by atoms with Crippen molar-refractivity contribution in [2.75, 3.05) is 6.54 Å². The van der Waals surface area contributed by atoms with Gasteiger partial charge in [0, 0.05) is 39.9 Å². The zero-order chi connectivity index (χ0) is 15.9. The van der Waals surface area contributed by atoms with Gasteiger partial charge in [0.2, 0.25) is 0 Å². The largest absolute Gasteiger partial charge is 0.857 e. The number of nitrogens with zero attached hydrogens (tertiary/aromatic N) is 3. The monoisotopic (exact) mass is 354 g/mol. The molecule has 0 aliphatic carbocycles. The topological polar surface area (TPSA) is 98.0 Å². The van der Waals surface area contributed by atoms with Crippen molar-refractivity contribution in [1.82, 2.24) is 4.98 Å². The van der Waals surface area contributed by atoms with Crippen molar-refractivity contribution < 1.29 is 31.5 Å². The fourth-order valence-electron chi connectivity index (χ4n) is 1.80. The zero-order valence-electron chi connectivity index (χ0n) is 12.2. The van der Waals surface area contributed by atoms with E-state index in [1.54, 1.807) is 49.4 Å². The minimum atomic E-state index is -1.02. The molecule has 1 heterocycles. The number of carboxylic acids is 1. The van der Waals surface area contributed by atoms with Crippen molar-refractivity contribution >= 4 is 23.3 Å². The molecule has 1 N–H and O–H groups in total. The standard InChI is InChI=1S/C16H15N3O3.Ni/c1-11(18-10-15(20)21)12-6-2-3-7-13(12)19-16(22)14-8-4-5-9-17-14;/h2-9H,10H2,1H3,(H,19,22)(H,20,21);/p-1. The molecule has 0 radical (unpaired) electrons. The average molecular weight is 355 g/mol. The first kappa shape index (κ1) is 18.5. The third-order valence-electron chi connectivity index (χ3n) is 2.85. The van der Waals surface area contributed by atoms with Crippen molar-refractivity contribution in [1.29, 1.82) is 0 Å². The molecule has 0 aliphatic heterocycles. The molecule has 0 unspecified atom stereocenters. The van der Waals surface area contributed by atoms with Gasteiger partial charge in [0.05, 0.1) is 11.4 Å². The first-order valence-corrected chi connectivity index (χ1v) is 6.57. The molecule has 0 atom stereocenters. The molecule has 23 heavy (non-hydrogen) atoms. The molecule has 0 saturated heterocycles. The van der Waals surface area contributed by atoms with Crippen LogP contribution in [0.3, 0.4) is 0 Å². The Balaban J connectivity index is 0.00000264. The molecule has 0 aliphatic rings. The quantitative estimate of drug-likeness (QED) is 0.498. The molecular formula is C16H14N3NiO3-. The molecule has 2 aromatic rings. The number of para-hydroxylation sites is 1. The van der Waals surface area contributed by atoms with E-state index in [1.807, 2.05) is 0 Å². The van der Waals surface area contributed by atoms with Crippen molar-refractivity contribution in [2.45, 2.75) is 6.92 Å². The number of aromatic nitrogens is 1. The van der Waals surface area contributed by atoms with Crippen LogP contribution in [0.4, 0.5) is 5.69 Å². The first-order chi connectivity index (χ1) is 10.6. The van der Waals surface area contributed by atoms with Gasteiger partial charge in [0.15, 0.2) is 0 Å². The fourth-order valence-corrected chi connectivity index (χ4v) is 1.80. The summed E-state index contributed by atoms with van der Waals surface area (Å²) in [6.07, 6.45) is 1.52. The summed E-state index contributed by atoms with van der Waals surface area (Å²) in [4.78, 5) is 22.6. The van der Waals surface area contributed by atoms with Crippen LogP contribution >= 0.6 is 0 Å². The van der Waals surface area contributed by atoms with E-state index in [9.17, 15) is 9.90 Å². The number of hydrogen-bond acceptors (Lipinski definition) is 5. The maximum absolute atomic E-state index is 12.1. The molecule has 6 nitrogen and oxygen atoms in total. The molecule has 0 fully saturated rings. The summed E-state index contributed by atoms with van der Waals surface area (Å²) < 4.78 is 0. The molecule has 1 aromatic carbocycles. The average Bonchev–Trinajstić information content (AvgIpc) is 2.54. The number of hydrogen-bond donors (Lipinski definition) is 1. The van der Waals surface area contributed by atoms with Crippen LogP contribution < -0.4 is 5.11 Å². The summed E-state index contributed by atoms with van der Waals surface area (Å²) in [5.41, 5.74) is 1.81. The van der Waals surface area contributed by atoms with Crippen molar-refractivity contribution in [3.8, 4) is 0 Å². The molecule has 0 spiro atoms. The van der Waals surface area contributed by atoms with E-state index < -0.39 is 11.9 Å². The summed E-state index contributed by atoms with van der Waals surface area (Å²) in [5.74, 6) is -1.47. The Morgan fingerprint density at radius 3 is 2.57 bits per heavy atom. The Labute approximate surface area is 143 Å². The van der Waals surface area contributed by atoms with E-state index in [2.05, 4.69) is 15.0 Å². The van der Waals surface area contributed by atoms with Gasteiger partial charge in [0.25, 0.3) is 0 Å². The van der Waals surface area contributed by atoms with Crippen LogP contribution in [-0.4, -0.2) is 34.2 Å². The predicted octanol–water partition coefficient (Wildman–Crippen LogP) is 1.41. The van der Waals surface area contributed by atoms with Crippen LogP contribution in [0.5, 0.6) is 0 Å². The van der Waals surface area contributed by atoms with Gasteiger partial charge in [-0.25, -0.2) is 0 Å². The number of benzene rings is 1. The third-order valence-corrected chi connectivity index (χ3v) is 2.85. The smallest absolute Gasteiger partial charge is 0.325 e. The summed E-state index contributed by atoms with van der Waals surface area (Å²) >= 11 is 0. The third kappa shape index (κ3) is 5.31. The van der Waals surface area contributed by atoms with Crippen LogP contribution in [0.25, 0.3) is 0 Å². The second-order valence-electron chi connectivity index (χ2n) is 4.44. The molecular weight excluding hydrogens is 341 g/mol. The van der Waals surface area contributed by atoms with E-state index in [-0.39, 0.29) is 28.7 Å². The summed E-state index contributed by atoms with van der Waals surface area (Å²) in [6.45, 7) is 1.36. The van der Waals surface area contributed by atoms with E-state index in [4.69, 9.17) is 5.11 Å². The van der Waals surface area contributed by atoms with Gasteiger partial charge >= 0.3 is 5.97 Å². The molecule has 122 valence electrons. The normalized spacial score (nSPS) is 11.7. The zero-order valence-corrected chi connectivity index (χ0v) is 13.2. The number of aliphatic imine (C=N–C) groups is 2. The number of rotatable bonds is 5. The summed E-state index contributed by atoms with van der Waals surface area (Å²) in [6, 6.07) is 12.0. The Hall–Kier alpha value is -2.53. The Bertz CT molecular complexity index is 730. The first-order valence-electron chi connectivity index (χ1n) is 6.57. The number of aliphatic carboxylic acids is 1. The second kappa shape index (κ2) is 8.80. The molecule has 1 aromatic heterocycles. The maximum Gasteiger partial charge on any atom is 0.325 e. The minimum Gasteiger partial charge on any atom is -0.857 e. The molecule has 0 saturated carbocycles. The van der Waals surface area contributed by atoms with Crippen molar-refractivity contribution in [2.24, 2.45) is 9.98 Å². The Morgan fingerprint density at radius 2 is 1.91 bits per heavy atom. The van der Waals surface area contributed by atoms with Crippen LogP contribution in [-0.2, 0) is 21.3 Å². The van der Waals surface area contributed by atoms with Gasteiger partial charge in [-0.15, -0.1) is 0 Å². The number of carboxylic acid groups (broad SMARTS) is 1. The fraction of sp³-hybridized carbons (Fsp3) is 0.125. The van der Waals surface area contributed by atoms with E-state index in [1.165, 1.54) is 6.20 Å². The Kier molecular flexibility index (Phi) is 7.09. The molecule has 7 heteroatoms. The van der Waals surface area contributed by atoms with Gasteiger partial charge in [-0.2, -0.15) is 0 Å². The summed E-state index contributed by atoms with van der Waals surface area (Å²) in [7, 11) is 0. The molecule has 2 rings (SSSR count). The van der Waals surface area contributed by atoms with Gasteiger partial charge in [0.1, 0.15) is 6.54 Å².